The molecule has 7 heteroatoms. The van der Waals surface area contributed by atoms with Gasteiger partial charge >= 0.3 is 0 Å². The number of methoxy groups -OCH3 is 1. The Kier molecular flexibility index (Phi) is 5.84. The first-order valence-corrected chi connectivity index (χ1v) is 10.2. The Morgan fingerprint density at radius 3 is 2.35 bits per heavy atom. The number of carbonyl (C=O) groups is 2. The van der Waals surface area contributed by atoms with Gasteiger partial charge in [-0.2, -0.15) is 0 Å². The van der Waals surface area contributed by atoms with Gasteiger partial charge in [0.15, 0.2) is 5.11 Å². The summed E-state index contributed by atoms with van der Waals surface area (Å²) in [6, 6.07) is 21.9. The normalized spacial score (nSPS) is 15.2. The summed E-state index contributed by atoms with van der Waals surface area (Å²) >= 11 is 11.2. The molecule has 0 unspecified atom stereocenters. The van der Waals surface area contributed by atoms with E-state index in [4.69, 9.17) is 28.6 Å². The van der Waals surface area contributed by atoms with Crippen molar-refractivity contribution in [2.24, 2.45) is 0 Å². The number of carbonyl (C=O) groups excluding carboxylic acids is 2. The fourth-order valence-electron chi connectivity index (χ4n) is 3.26. The molecule has 0 aromatic heterocycles. The number of thiocarbonyl (C=S) groups is 1. The minimum absolute atomic E-state index is 0.00802. The molecule has 1 N–H and O–H groups in total. The third-order valence-corrected chi connectivity index (χ3v) is 5.32. The molecule has 1 fully saturated rings. The van der Waals surface area contributed by atoms with E-state index >= 15 is 0 Å². The van der Waals surface area contributed by atoms with Crippen molar-refractivity contribution < 1.29 is 14.3 Å². The van der Waals surface area contributed by atoms with Crippen LogP contribution in [0.1, 0.15) is 5.56 Å². The van der Waals surface area contributed by atoms with Crippen LogP contribution < -0.4 is 15.0 Å². The van der Waals surface area contributed by atoms with Gasteiger partial charge in [-0.3, -0.25) is 19.8 Å². The number of anilines is 1. The molecule has 1 aliphatic heterocycles. The van der Waals surface area contributed by atoms with Gasteiger partial charge in [-0.05, 0) is 77.4 Å². The molecule has 0 atom stereocenters. The van der Waals surface area contributed by atoms with Crippen molar-refractivity contribution in [2.45, 2.75) is 0 Å². The highest BCUT2D eigenvalue weighted by Crippen LogP contribution is 2.27. The number of rotatable bonds is 4. The maximum atomic E-state index is 13.1. The van der Waals surface area contributed by atoms with Crippen molar-refractivity contribution in [2.75, 3.05) is 12.0 Å². The van der Waals surface area contributed by atoms with Crippen molar-refractivity contribution in [3.05, 3.63) is 89.0 Å². The third kappa shape index (κ3) is 4.35. The highest BCUT2D eigenvalue weighted by atomic mass is 35.5. The first-order valence-electron chi connectivity index (χ1n) is 9.38. The van der Waals surface area contributed by atoms with Crippen molar-refractivity contribution in [3.63, 3.8) is 0 Å². The van der Waals surface area contributed by atoms with E-state index in [1.54, 1.807) is 37.5 Å². The molecule has 0 radical (unpaired) electrons. The zero-order valence-electron chi connectivity index (χ0n) is 16.5. The van der Waals surface area contributed by atoms with E-state index in [0.717, 1.165) is 16.9 Å². The Labute approximate surface area is 189 Å². The van der Waals surface area contributed by atoms with Crippen LogP contribution >= 0.6 is 23.8 Å². The molecular weight excluding hydrogens is 432 g/mol. The van der Waals surface area contributed by atoms with E-state index in [0.29, 0.717) is 16.3 Å². The maximum absolute atomic E-state index is 13.1. The van der Waals surface area contributed by atoms with Crippen LogP contribution in [0, 0.1) is 0 Å². The highest BCUT2D eigenvalue weighted by molar-refractivity contribution is 7.80. The molecule has 0 bridgehead atoms. The molecule has 3 aromatic rings. The lowest BCUT2D eigenvalue weighted by molar-refractivity contribution is -0.122. The summed E-state index contributed by atoms with van der Waals surface area (Å²) in [6.07, 6.45) is 1.56. The molecular formula is C24H17ClN2O3S. The van der Waals surface area contributed by atoms with Crippen LogP contribution in [0.2, 0.25) is 5.02 Å². The summed E-state index contributed by atoms with van der Waals surface area (Å²) in [5.41, 5.74) is 3.12. The largest absolute Gasteiger partial charge is 0.497 e. The van der Waals surface area contributed by atoms with Gasteiger partial charge in [-0.1, -0.05) is 41.9 Å². The number of nitrogens with zero attached hydrogens (tertiary/aromatic N) is 1. The number of amides is 2. The van der Waals surface area contributed by atoms with Crippen molar-refractivity contribution in [1.82, 2.24) is 5.32 Å². The zero-order valence-corrected chi connectivity index (χ0v) is 18.0. The van der Waals surface area contributed by atoms with Gasteiger partial charge < -0.3 is 4.74 Å². The summed E-state index contributed by atoms with van der Waals surface area (Å²) in [5.74, 6) is -0.287. The van der Waals surface area contributed by atoms with E-state index < -0.39 is 11.8 Å². The van der Waals surface area contributed by atoms with Crippen LogP contribution in [-0.4, -0.2) is 24.0 Å². The molecule has 3 aromatic carbocycles. The van der Waals surface area contributed by atoms with Crippen LogP contribution in [0.15, 0.2) is 78.4 Å². The topological polar surface area (TPSA) is 58.6 Å². The quantitative estimate of drug-likeness (QED) is 0.352. The Bertz CT molecular complexity index is 1220. The summed E-state index contributed by atoms with van der Waals surface area (Å²) < 4.78 is 5.29. The van der Waals surface area contributed by atoms with Crippen LogP contribution in [-0.2, 0) is 9.59 Å². The maximum Gasteiger partial charge on any atom is 0.270 e. The lowest BCUT2D eigenvalue weighted by Gasteiger charge is -2.29. The molecule has 1 saturated heterocycles. The van der Waals surface area contributed by atoms with E-state index in [2.05, 4.69) is 5.32 Å². The second-order valence-electron chi connectivity index (χ2n) is 6.79. The first-order chi connectivity index (χ1) is 15.0. The van der Waals surface area contributed by atoms with Crippen molar-refractivity contribution >= 4 is 52.5 Å². The first kappa shape index (κ1) is 20.8. The monoisotopic (exact) mass is 448 g/mol. The van der Waals surface area contributed by atoms with Gasteiger partial charge in [0, 0.05) is 5.02 Å². The van der Waals surface area contributed by atoms with Gasteiger partial charge in [0.1, 0.15) is 11.3 Å². The fourth-order valence-corrected chi connectivity index (χ4v) is 3.67. The van der Waals surface area contributed by atoms with Gasteiger partial charge in [-0.15, -0.1) is 0 Å². The average Bonchev–Trinajstić information content (AvgIpc) is 2.78. The molecule has 154 valence electrons. The molecule has 2 amide bonds. The predicted octanol–water partition coefficient (Wildman–Crippen LogP) is 4.85. The fraction of sp³-hybridized carbons (Fsp3) is 0.0417. The van der Waals surface area contributed by atoms with Crippen molar-refractivity contribution in [1.29, 1.82) is 0 Å². The molecule has 4 rings (SSSR count). The summed E-state index contributed by atoms with van der Waals surface area (Å²) in [7, 11) is 1.62. The third-order valence-electron chi connectivity index (χ3n) is 4.79. The number of halogens is 1. The summed E-state index contributed by atoms with van der Waals surface area (Å²) in [5, 5.41) is 3.15. The van der Waals surface area contributed by atoms with E-state index in [9.17, 15) is 9.59 Å². The minimum Gasteiger partial charge on any atom is -0.497 e. The van der Waals surface area contributed by atoms with E-state index in [1.807, 2.05) is 48.5 Å². The number of ether oxygens (including phenoxy) is 1. The second kappa shape index (κ2) is 8.71. The Hall–Kier alpha value is -3.48. The van der Waals surface area contributed by atoms with Crippen LogP contribution in [0.3, 0.4) is 0 Å². The van der Waals surface area contributed by atoms with Crippen LogP contribution in [0.4, 0.5) is 5.69 Å². The summed E-state index contributed by atoms with van der Waals surface area (Å²) in [4.78, 5) is 27.0. The lowest BCUT2D eigenvalue weighted by atomic mass is 10.0. The SMILES string of the molecule is COc1cccc(-c2cccc(C=C3C(=O)NC(=S)N(c4ccc(Cl)cc4)C3=O)c2)c1. The zero-order chi connectivity index (χ0) is 22.0. The summed E-state index contributed by atoms with van der Waals surface area (Å²) in [6.45, 7) is 0. The molecule has 1 heterocycles. The Morgan fingerprint density at radius 1 is 0.968 bits per heavy atom. The predicted molar refractivity (Wildman–Crippen MR) is 126 cm³/mol. The lowest BCUT2D eigenvalue weighted by Crippen LogP contribution is -2.54. The molecule has 5 nitrogen and oxygen atoms in total. The number of benzene rings is 3. The number of hydrogen-bond acceptors (Lipinski definition) is 4. The Morgan fingerprint density at radius 2 is 1.65 bits per heavy atom. The second-order valence-corrected chi connectivity index (χ2v) is 7.61. The average molecular weight is 449 g/mol. The standard InChI is InChI=1S/C24H17ClN2O3S/c1-30-20-7-3-6-17(14-20)16-5-2-4-15(12-16)13-21-22(28)26-24(31)27(23(21)29)19-10-8-18(25)9-11-19/h2-14H,1H3,(H,26,28,31). The number of nitrogens with one attached hydrogen (secondary N) is 1. The molecule has 0 saturated carbocycles. The molecule has 0 spiro atoms. The van der Waals surface area contributed by atoms with Gasteiger partial charge in [0.2, 0.25) is 0 Å². The molecule has 0 aliphatic carbocycles. The minimum atomic E-state index is -0.535. The highest BCUT2D eigenvalue weighted by Gasteiger charge is 2.34. The van der Waals surface area contributed by atoms with Crippen LogP contribution in [0.25, 0.3) is 17.2 Å². The van der Waals surface area contributed by atoms with Crippen molar-refractivity contribution in [3.8, 4) is 16.9 Å². The molecule has 1 aliphatic rings. The van der Waals surface area contributed by atoms with Gasteiger partial charge in [0.05, 0.1) is 12.8 Å². The van der Waals surface area contributed by atoms with E-state index in [-0.39, 0.29) is 10.7 Å². The van der Waals surface area contributed by atoms with E-state index in [1.165, 1.54) is 4.90 Å². The number of hydrogen-bond donors (Lipinski definition) is 1. The van der Waals surface area contributed by atoms with Gasteiger partial charge in [-0.25, -0.2) is 0 Å². The van der Waals surface area contributed by atoms with Crippen LogP contribution in [0.5, 0.6) is 5.75 Å². The Balaban J connectivity index is 1.70. The smallest absolute Gasteiger partial charge is 0.270 e. The molecule has 31 heavy (non-hydrogen) atoms. The van der Waals surface area contributed by atoms with Gasteiger partial charge in [0.25, 0.3) is 11.8 Å².